The van der Waals surface area contributed by atoms with Gasteiger partial charge in [0.25, 0.3) is 0 Å². The Morgan fingerprint density at radius 3 is 2.62 bits per heavy atom. The standard InChI is InChI=1S/C10H8N2O/c1-7-8(2-3-11)4-10(13)5-9(7)6-12/h4-5,13H,2H2,1H3. The molecule has 1 aromatic rings. The van der Waals surface area contributed by atoms with Crippen LogP contribution in [0.25, 0.3) is 0 Å². The Labute approximate surface area is 76.5 Å². The van der Waals surface area contributed by atoms with Crippen molar-refractivity contribution in [2.45, 2.75) is 13.3 Å². The highest BCUT2D eigenvalue weighted by Crippen LogP contribution is 2.20. The minimum Gasteiger partial charge on any atom is -0.508 e. The van der Waals surface area contributed by atoms with Crippen LogP contribution in [0.15, 0.2) is 12.1 Å². The van der Waals surface area contributed by atoms with Crippen molar-refractivity contribution in [1.82, 2.24) is 0 Å². The van der Waals surface area contributed by atoms with Gasteiger partial charge in [0, 0.05) is 0 Å². The first-order valence-corrected chi connectivity index (χ1v) is 3.78. The molecule has 0 aliphatic carbocycles. The molecule has 0 unspecified atom stereocenters. The summed E-state index contributed by atoms with van der Waals surface area (Å²) in [7, 11) is 0. The zero-order valence-corrected chi connectivity index (χ0v) is 7.20. The molecule has 0 aliphatic rings. The Bertz CT molecular complexity index is 410. The molecule has 0 aliphatic heterocycles. The van der Waals surface area contributed by atoms with Gasteiger partial charge in [-0.05, 0) is 30.2 Å². The highest BCUT2D eigenvalue weighted by Gasteiger charge is 2.05. The van der Waals surface area contributed by atoms with Crippen LogP contribution in [0.3, 0.4) is 0 Å². The topological polar surface area (TPSA) is 67.8 Å². The second-order valence-corrected chi connectivity index (χ2v) is 2.72. The first-order chi connectivity index (χ1) is 6.19. The van der Waals surface area contributed by atoms with Crippen LogP contribution in [0.5, 0.6) is 5.75 Å². The molecule has 0 aromatic heterocycles. The van der Waals surface area contributed by atoms with E-state index in [9.17, 15) is 5.11 Å². The van der Waals surface area contributed by atoms with Gasteiger partial charge < -0.3 is 5.11 Å². The molecule has 0 heterocycles. The lowest BCUT2D eigenvalue weighted by Crippen LogP contribution is -1.91. The number of benzene rings is 1. The summed E-state index contributed by atoms with van der Waals surface area (Å²) < 4.78 is 0. The second-order valence-electron chi connectivity index (χ2n) is 2.72. The maximum atomic E-state index is 9.22. The van der Waals surface area contributed by atoms with Crippen LogP contribution in [0, 0.1) is 29.6 Å². The maximum Gasteiger partial charge on any atom is 0.117 e. The van der Waals surface area contributed by atoms with Gasteiger partial charge in [0.15, 0.2) is 0 Å². The number of phenolic OH excluding ortho intramolecular Hbond substituents is 1. The first kappa shape index (κ1) is 9.09. The maximum absolute atomic E-state index is 9.22. The van der Waals surface area contributed by atoms with Gasteiger partial charge in [-0.15, -0.1) is 0 Å². The Hall–Kier alpha value is -2.00. The summed E-state index contributed by atoms with van der Waals surface area (Å²) in [5, 5.41) is 26.4. The number of nitriles is 2. The Morgan fingerprint density at radius 2 is 2.08 bits per heavy atom. The predicted molar refractivity (Wildman–Crippen MR) is 46.9 cm³/mol. The molecule has 64 valence electrons. The third-order valence-corrected chi connectivity index (χ3v) is 1.89. The van der Waals surface area contributed by atoms with Gasteiger partial charge in [-0.3, -0.25) is 0 Å². The van der Waals surface area contributed by atoms with Crippen molar-refractivity contribution < 1.29 is 5.11 Å². The average molecular weight is 172 g/mol. The summed E-state index contributed by atoms with van der Waals surface area (Å²) in [4.78, 5) is 0. The van der Waals surface area contributed by atoms with E-state index in [0.29, 0.717) is 11.1 Å². The summed E-state index contributed by atoms with van der Waals surface area (Å²) in [5.74, 6) is 0.0346. The van der Waals surface area contributed by atoms with Crippen molar-refractivity contribution in [3.05, 3.63) is 28.8 Å². The Balaban J connectivity index is 3.31. The molecule has 1 rings (SSSR count). The summed E-state index contributed by atoms with van der Waals surface area (Å²) in [6, 6.07) is 6.86. The third kappa shape index (κ3) is 1.77. The van der Waals surface area contributed by atoms with Gasteiger partial charge in [0.2, 0.25) is 0 Å². The molecule has 1 aromatic carbocycles. The van der Waals surface area contributed by atoms with Crippen molar-refractivity contribution in [1.29, 1.82) is 10.5 Å². The molecule has 3 nitrogen and oxygen atoms in total. The van der Waals surface area contributed by atoms with E-state index >= 15 is 0 Å². The lowest BCUT2D eigenvalue weighted by Gasteiger charge is -2.04. The smallest absolute Gasteiger partial charge is 0.117 e. The van der Waals surface area contributed by atoms with Gasteiger partial charge >= 0.3 is 0 Å². The van der Waals surface area contributed by atoms with E-state index in [2.05, 4.69) is 0 Å². The Kier molecular flexibility index (Phi) is 2.52. The average Bonchev–Trinajstić information content (AvgIpc) is 2.11. The van der Waals surface area contributed by atoms with Gasteiger partial charge in [0.05, 0.1) is 24.1 Å². The molecule has 0 amide bonds. The number of hydrogen-bond donors (Lipinski definition) is 1. The van der Waals surface area contributed by atoms with Crippen LogP contribution < -0.4 is 0 Å². The summed E-state index contributed by atoms with van der Waals surface area (Å²) in [5.41, 5.74) is 1.89. The zero-order valence-electron chi connectivity index (χ0n) is 7.20. The molecule has 13 heavy (non-hydrogen) atoms. The molecule has 0 saturated carbocycles. The number of rotatable bonds is 1. The van der Waals surface area contributed by atoms with E-state index in [1.165, 1.54) is 12.1 Å². The van der Waals surface area contributed by atoms with Gasteiger partial charge in [-0.1, -0.05) is 0 Å². The number of phenols is 1. The second kappa shape index (κ2) is 3.60. The zero-order chi connectivity index (χ0) is 9.84. The first-order valence-electron chi connectivity index (χ1n) is 3.78. The molecule has 0 atom stereocenters. The van der Waals surface area contributed by atoms with Crippen molar-refractivity contribution in [3.8, 4) is 17.9 Å². The van der Waals surface area contributed by atoms with Crippen LogP contribution in [0.2, 0.25) is 0 Å². The van der Waals surface area contributed by atoms with Crippen molar-refractivity contribution in [2.24, 2.45) is 0 Å². The minimum absolute atomic E-state index is 0.0346. The van der Waals surface area contributed by atoms with Gasteiger partial charge in [0.1, 0.15) is 5.75 Å². The lowest BCUT2D eigenvalue weighted by molar-refractivity contribution is 0.474. The summed E-state index contributed by atoms with van der Waals surface area (Å²) in [6.07, 6.45) is 0.217. The van der Waals surface area contributed by atoms with E-state index in [4.69, 9.17) is 10.5 Å². The van der Waals surface area contributed by atoms with Crippen LogP contribution in [-0.2, 0) is 6.42 Å². The highest BCUT2D eigenvalue weighted by atomic mass is 16.3. The highest BCUT2D eigenvalue weighted by molar-refractivity contribution is 5.47. The number of hydrogen-bond acceptors (Lipinski definition) is 3. The molecule has 3 heteroatoms. The molecule has 0 radical (unpaired) electrons. The van der Waals surface area contributed by atoms with Crippen LogP contribution in [0.1, 0.15) is 16.7 Å². The normalized spacial score (nSPS) is 8.85. The SMILES string of the molecule is Cc1c(C#N)cc(O)cc1CC#N. The largest absolute Gasteiger partial charge is 0.508 e. The van der Waals surface area contributed by atoms with E-state index < -0.39 is 0 Å². The quantitative estimate of drug-likeness (QED) is 0.700. The molecular weight excluding hydrogens is 164 g/mol. The Morgan fingerprint density at radius 1 is 1.38 bits per heavy atom. The molecule has 0 spiro atoms. The fourth-order valence-corrected chi connectivity index (χ4v) is 1.14. The molecule has 0 fully saturated rings. The predicted octanol–water partition coefficient (Wildman–Crippen LogP) is 1.64. The number of aromatic hydroxyl groups is 1. The van der Waals surface area contributed by atoms with E-state index in [1.807, 2.05) is 12.1 Å². The fraction of sp³-hybridized carbons (Fsp3) is 0.200. The van der Waals surface area contributed by atoms with Crippen molar-refractivity contribution >= 4 is 0 Å². The molecule has 0 saturated heterocycles. The van der Waals surface area contributed by atoms with Crippen molar-refractivity contribution in [3.63, 3.8) is 0 Å². The van der Waals surface area contributed by atoms with Crippen molar-refractivity contribution in [2.75, 3.05) is 0 Å². The summed E-state index contributed by atoms with van der Waals surface area (Å²) >= 11 is 0. The van der Waals surface area contributed by atoms with E-state index in [1.54, 1.807) is 6.92 Å². The third-order valence-electron chi connectivity index (χ3n) is 1.89. The van der Waals surface area contributed by atoms with Gasteiger partial charge in [-0.25, -0.2) is 0 Å². The van der Waals surface area contributed by atoms with E-state index in [0.717, 1.165) is 5.56 Å². The minimum atomic E-state index is 0.0346. The fourth-order valence-electron chi connectivity index (χ4n) is 1.14. The number of nitrogens with zero attached hydrogens (tertiary/aromatic N) is 2. The van der Waals surface area contributed by atoms with Crippen LogP contribution in [0.4, 0.5) is 0 Å². The lowest BCUT2D eigenvalue weighted by atomic mass is 10.0. The van der Waals surface area contributed by atoms with Gasteiger partial charge in [-0.2, -0.15) is 10.5 Å². The monoisotopic (exact) mass is 172 g/mol. The van der Waals surface area contributed by atoms with E-state index in [-0.39, 0.29) is 12.2 Å². The molecule has 1 N–H and O–H groups in total. The molecular formula is C10H8N2O. The molecule has 0 bridgehead atoms. The van der Waals surface area contributed by atoms with Crippen LogP contribution >= 0.6 is 0 Å². The summed E-state index contributed by atoms with van der Waals surface area (Å²) in [6.45, 7) is 1.77. The van der Waals surface area contributed by atoms with Crippen LogP contribution in [-0.4, -0.2) is 5.11 Å².